The Labute approximate surface area is 104 Å². The number of rotatable bonds is 5. The summed E-state index contributed by atoms with van der Waals surface area (Å²) in [5, 5.41) is 3.03. The third kappa shape index (κ3) is 3.70. The van der Waals surface area contributed by atoms with E-state index >= 15 is 0 Å². The molecule has 0 fully saturated rings. The van der Waals surface area contributed by atoms with Gasteiger partial charge in [0, 0.05) is 4.47 Å². The van der Waals surface area contributed by atoms with E-state index in [9.17, 15) is 4.79 Å². The third-order valence-corrected chi connectivity index (χ3v) is 2.72. The number of carbonyl (C=O) groups is 1. The van der Waals surface area contributed by atoms with Crippen LogP contribution >= 0.6 is 15.9 Å². The predicted molar refractivity (Wildman–Crippen MR) is 66.8 cm³/mol. The minimum Gasteiger partial charge on any atom is -0.469 e. The lowest BCUT2D eigenvalue weighted by Crippen LogP contribution is -2.19. The highest BCUT2D eigenvalue weighted by Crippen LogP contribution is 2.20. The van der Waals surface area contributed by atoms with Crippen LogP contribution in [0.3, 0.4) is 0 Å². The normalized spacial score (nSPS) is 11.6. The first-order chi connectivity index (χ1) is 7.67. The van der Waals surface area contributed by atoms with E-state index in [4.69, 9.17) is 0 Å². The topological polar surface area (TPSA) is 38.3 Å². The molecule has 1 unspecified atom stereocenters. The van der Waals surface area contributed by atoms with E-state index in [0.717, 1.165) is 10.0 Å². The van der Waals surface area contributed by atoms with Crippen LogP contribution in [0, 0.1) is 0 Å². The Bertz CT molecular complexity index is 362. The van der Waals surface area contributed by atoms with Crippen LogP contribution in [0.15, 0.2) is 41.5 Å². The number of ether oxygens (including phenoxy) is 1. The van der Waals surface area contributed by atoms with Crippen molar-refractivity contribution in [1.29, 1.82) is 0 Å². The van der Waals surface area contributed by atoms with Crippen LogP contribution in [-0.4, -0.2) is 13.1 Å². The Morgan fingerprint density at radius 1 is 1.56 bits per heavy atom. The third-order valence-electron chi connectivity index (χ3n) is 2.19. The molecule has 0 aromatic heterocycles. The fraction of sp³-hybridized carbons (Fsp3) is 0.250. The Morgan fingerprint density at radius 2 is 2.19 bits per heavy atom. The van der Waals surface area contributed by atoms with Crippen LogP contribution in [-0.2, 0) is 9.53 Å². The minimum atomic E-state index is -0.248. The van der Waals surface area contributed by atoms with Crippen molar-refractivity contribution in [2.45, 2.75) is 12.5 Å². The number of nitrogens with one attached hydrogen (secondary N) is 1. The second kappa shape index (κ2) is 6.33. The molecule has 1 aromatic carbocycles. The molecule has 3 nitrogen and oxygen atoms in total. The highest BCUT2D eigenvalue weighted by Gasteiger charge is 2.14. The lowest BCUT2D eigenvalue weighted by molar-refractivity contribution is -0.141. The van der Waals surface area contributed by atoms with E-state index in [1.807, 2.05) is 24.3 Å². The van der Waals surface area contributed by atoms with Crippen molar-refractivity contribution in [3.8, 4) is 0 Å². The molecule has 4 heteroatoms. The number of halogens is 1. The lowest BCUT2D eigenvalue weighted by atomic mass is 10.0. The highest BCUT2D eigenvalue weighted by atomic mass is 79.9. The molecule has 0 aliphatic rings. The molecular weight excluding hydrogens is 270 g/mol. The van der Waals surface area contributed by atoms with Gasteiger partial charge in [0.1, 0.15) is 0 Å². The van der Waals surface area contributed by atoms with E-state index in [1.165, 1.54) is 7.11 Å². The number of hydrogen-bond acceptors (Lipinski definition) is 3. The van der Waals surface area contributed by atoms with Gasteiger partial charge in [0.15, 0.2) is 0 Å². The van der Waals surface area contributed by atoms with E-state index < -0.39 is 0 Å². The number of hydrogen-bond donors (Lipinski definition) is 1. The van der Waals surface area contributed by atoms with E-state index in [0.29, 0.717) is 0 Å². The molecule has 0 saturated heterocycles. The van der Waals surface area contributed by atoms with Crippen molar-refractivity contribution in [1.82, 2.24) is 5.32 Å². The molecule has 0 saturated carbocycles. The summed E-state index contributed by atoms with van der Waals surface area (Å²) in [6, 6.07) is 7.68. The number of benzene rings is 1. The largest absolute Gasteiger partial charge is 0.469 e. The zero-order valence-corrected chi connectivity index (χ0v) is 10.7. The van der Waals surface area contributed by atoms with Crippen molar-refractivity contribution < 1.29 is 9.53 Å². The quantitative estimate of drug-likeness (QED) is 0.845. The first-order valence-corrected chi connectivity index (χ1v) is 5.66. The molecule has 1 rings (SSSR count). The molecule has 0 heterocycles. The maximum absolute atomic E-state index is 11.2. The van der Waals surface area contributed by atoms with Crippen molar-refractivity contribution >= 4 is 21.9 Å². The molecule has 0 radical (unpaired) electrons. The van der Waals surface area contributed by atoms with Gasteiger partial charge in [-0.15, -0.1) is 0 Å². The summed E-state index contributed by atoms with van der Waals surface area (Å²) in [5.74, 6) is -0.248. The second-order valence-corrected chi connectivity index (χ2v) is 4.17. The maximum atomic E-state index is 11.2. The summed E-state index contributed by atoms with van der Waals surface area (Å²) in [7, 11) is 1.38. The molecule has 0 spiro atoms. The first kappa shape index (κ1) is 12.8. The van der Waals surface area contributed by atoms with E-state index in [1.54, 1.807) is 6.20 Å². The van der Waals surface area contributed by atoms with Gasteiger partial charge < -0.3 is 10.1 Å². The van der Waals surface area contributed by atoms with E-state index in [2.05, 4.69) is 32.6 Å². The monoisotopic (exact) mass is 283 g/mol. The van der Waals surface area contributed by atoms with Crippen molar-refractivity contribution in [2.75, 3.05) is 7.11 Å². The van der Waals surface area contributed by atoms with Crippen LogP contribution in [0.5, 0.6) is 0 Å². The molecular formula is C12H14BrNO2. The van der Waals surface area contributed by atoms with Gasteiger partial charge in [-0.1, -0.05) is 34.6 Å². The van der Waals surface area contributed by atoms with Gasteiger partial charge in [-0.2, -0.15) is 0 Å². The van der Waals surface area contributed by atoms with E-state index in [-0.39, 0.29) is 18.4 Å². The lowest BCUT2D eigenvalue weighted by Gasteiger charge is -2.16. The fourth-order valence-corrected chi connectivity index (χ4v) is 1.62. The molecule has 0 aliphatic heterocycles. The van der Waals surface area contributed by atoms with Gasteiger partial charge in [0.05, 0.1) is 19.6 Å². The molecule has 1 N–H and O–H groups in total. The van der Waals surface area contributed by atoms with Crippen molar-refractivity contribution in [3.05, 3.63) is 47.1 Å². The van der Waals surface area contributed by atoms with Crippen LogP contribution in [0.4, 0.5) is 0 Å². The minimum absolute atomic E-state index is 0.0990. The number of methoxy groups -OCH3 is 1. The Morgan fingerprint density at radius 3 is 2.69 bits per heavy atom. The van der Waals surface area contributed by atoms with Crippen LogP contribution < -0.4 is 5.32 Å². The standard InChI is InChI=1S/C12H14BrNO2/c1-3-14-11(8-12(15)16-2)9-4-6-10(13)7-5-9/h3-7,11,14H,1,8H2,2H3. The van der Waals surface area contributed by atoms with Crippen molar-refractivity contribution in [2.24, 2.45) is 0 Å². The summed E-state index contributed by atoms with van der Waals surface area (Å²) in [6.07, 6.45) is 1.86. The Balaban J connectivity index is 2.80. The first-order valence-electron chi connectivity index (χ1n) is 4.86. The van der Waals surface area contributed by atoms with Gasteiger partial charge in [-0.05, 0) is 23.9 Å². The van der Waals surface area contributed by atoms with Crippen molar-refractivity contribution in [3.63, 3.8) is 0 Å². The Kier molecular flexibility index (Phi) is 5.05. The summed E-state index contributed by atoms with van der Waals surface area (Å²) in [6.45, 7) is 3.60. The molecule has 86 valence electrons. The summed E-state index contributed by atoms with van der Waals surface area (Å²) in [4.78, 5) is 11.2. The molecule has 1 atom stereocenters. The fourth-order valence-electron chi connectivity index (χ4n) is 1.36. The molecule has 0 aliphatic carbocycles. The number of esters is 1. The summed E-state index contributed by atoms with van der Waals surface area (Å²) >= 11 is 3.37. The second-order valence-electron chi connectivity index (χ2n) is 3.26. The van der Waals surface area contributed by atoms with Crippen LogP contribution in [0.1, 0.15) is 18.0 Å². The highest BCUT2D eigenvalue weighted by molar-refractivity contribution is 9.10. The molecule has 16 heavy (non-hydrogen) atoms. The molecule has 0 bridgehead atoms. The smallest absolute Gasteiger partial charge is 0.307 e. The van der Waals surface area contributed by atoms with Gasteiger partial charge in [-0.25, -0.2) is 0 Å². The summed E-state index contributed by atoms with van der Waals surface area (Å²) in [5.41, 5.74) is 1.02. The van der Waals surface area contributed by atoms with Gasteiger partial charge in [0.25, 0.3) is 0 Å². The predicted octanol–water partition coefficient (Wildman–Crippen LogP) is 2.79. The zero-order valence-electron chi connectivity index (χ0n) is 9.07. The number of carbonyl (C=O) groups excluding carboxylic acids is 1. The van der Waals surface area contributed by atoms with Crippen LogP contribution in [0.25, 0.3) is 0 Å². The molecule has 0 amide bonds. The van der Waals surface area contributed by atoms with Gasteiger partial charge in [-0.3, -0.25) is 4.79 Å². The molecule has 1 aromatic rings. The summed E-state index contributed by atoms with van der Waals surface area (Å²) < 4.78 is 5.66. The zero-order chi connectivity index (χ0) is 12.0. The van der Waals surface area contributed by atoms with Gasteiger partial charge in [0.2, 0.25) is 0 Å². The average molecular weight is 284 g/mol. The van der Waals surface area contributed by atoms with Crippen LogP contribution in [0.2, 0.25) is 0 Å². The average Bonchev–Trinajstić information content (AvgIpc) is 2.29. The Hall–Kier alpha value is -1.29. The van der Waals surface area contributed by atoms with Gasteiger partial charge >= 0.3 is 5.97 Å². The SMILES string of the molecule is C=CNC(CC(=O)OC)c1ccc(Br)cc1. The maximum Gasteiger partial charge on any atom is 0.307 e.